The smallest absolute Gasteiger partial charge is 0.0684 e. The summed E-state index contributed by atoms with van der Waals surface area (Å²) in [5.41, 5.74) is 1.55. The van der Waals surface area contributed by atoms with Gasteiger partial charge in [-0.25, -0.2) is 0 Å². The fourth-order valence-electron chi connectivity index (χ4n) is 3.88. The number of hydrogen-bond donors (Lipinski definition) is 1. The summed E-state index contributed by atoms with van der Waals surface area (Å²) in [4.78, 5) is 4.09. The molecule has 3 unspecified atom stereocenters. The standard InChI is InChI=1S/C16H24N2O/c1-11(12-6-8-17-9-7-12)18-14-13-5-4-10-19-15(13)16(14,2)3/h6-9,11,13-15,18H,4-5,10H2,1-3H3/t11-,13?,14?,15?/m1/s1. The Morgan fingerprint density at radius 3 is 2.84 bits per heavy atom. The summed E-state index contributed by atoms with van der Waals surface area (Å²) in [5.74, 6) is 0.688. The van der Waals surface area contributed by atoms with Crippen molar-refractivity contribution in [2.75, 3.05) is 6.61 Å². The number of pyridine rings is 1. The second-order valence-corrected chi connectivity index (χ2v) is 6.57. The van der Waals surface area contributed by atoms with Gasteiger partial charge in [-0.15, -0.1) is 0 Å². The molecule has 1 aromatic heterocycles. The molecule has 2 heterocycles. The van der Waals surface area contributed by atoms with Crippen LogP contribution < -0.4 is 5.32 Å². The van der Waals surface area contributed by atoms with Gasteiger partial charge in [0, 0.05) is 42.4 Å². The third-order valence-corrected chi connectivity index (χ3v) is 4.97. The summed E-state index contributed by atoms with van der Waals surface area (Å²) in [6.45, 7) is 7.84. The average Bonchev–Trinajstić information content (AvgIpc) is 2.45. The van der Waals surface area contributed by atoms with Gasteiger partial charge in [-0.2, -0.15) is 0 Å². The van der Waals surface area contributed by atoms with Crippen molar-refractivity contribution in [2.24, 2.45) is 11.3 Å². The number of fused-ring (bicyclic) bond motifs is 1. The molecule has 3 rings (SSSR count). The van der Waals surface area contributed by atoms with Crippen LogP contribution >= 0.6 is 0 Å². The number of ether oxygens (including phenoxy) is 1. The van der Waals surface area contributed by atoms with Gasteiger partial charge >= 0.3 is 0 Å². The van der Waals surface area contributed by atoms with E-state index in [2.05, 4.69) is 43.2 Å². The topological polar surface area (TPSA) is 34.1 Å². The van der Waals surface area contributed by atoms with Crippen LogP contribution in [-0.4, -0.2) is 23.7 Å². The quantitative estimate of drug-likeness (QED) is 0.907. The van der Waals surface area contributed by atoms with Crippen molar-refractivity contribution in [1.82, 2.24) is 10.3 Å². The summed E-state index contributed by atoms with van der Waals surface area (Å²) < 4.78 is 5.96. The Balaban J connectivity index is 1.69. The molecule has 1 saturated carbocycles. The molecule has 2 aliphatic rings. The van der Waals surface area contributed by atoms with Gasteiger partial charge in [-0.1, -0.05) is 13.8 Å². The second kappa shape index (κ2) is 4.88. The molecule has 1 aliphatic heterocycles. The van der Waals surface area contributed by atoms with Crippen molar-refractivity contribution in [3.05, 3.63) is 30.1 Å². The fraction of sp³-hybridized carbons (Fsp3) is 0.688. The van der Waals surface area contributed by atoms with E-state index in [-0.39, 0.29) is 5.41 Å². The molecule has 4 atom stereocenters. The predicted molar refractivity (Wildman–Crippen MR) is 75.8 cm³/mol. The highest BCUT2D eigenvalue weighted by molar-refractivity contribution is 5.17. The maximum Gasteiger partial charge on any atom is 0.0684 e. The predicted octanol–water partition coefficient (Wildman–Crippen LogP) is 2.94. The van der Waals surface area contributed by atoms with Gasteiger partial charge in [0.05, 0.1) is 6.10 Å². The van der Waals surface area contributed by atoms with E-state index in [1.165, 1.54) is 18.4 Å². The zero-order valence-electron chi connectivity index (χ0n) is 12.1. The first kappa shape index (κ1) is 13.1. The van der Waals surface area contributed by atoms with Crippen molar-refractivity contribution >= 4 is 0 Å². The minimum atomic E-state index is 0.242. The van der Waals surface area contributed by atoms with Gasteiger partial charge in [0.2, 0.25) is 0 Å². The molecule has 3 heteroatoms. The highest BCUT2D eigenvalue weighted by Crippen LogP contribution is 2.51. The van der Waals surface area contributed by atoms with E-state index < -0.39 is 0 Å². The molecule has 104 valence electrons. The number of aromatic nitrogens is 1. The van der Waals surface area contributed by atoms with Crippen molar-refractivity contribution in [2.45, 2.75) is 51.8 Å². The third-order valence-electron chi connectivity index (χ3n) is 4.97. The molecule has 1 N–H and O–H groups in total. The van der Waals surface area contributed by atoms with Crippen LogP contribution in [0.3, 0.4) is 0 Å². The molecule has 0 aromatic carbocycles. The van der Waals surface area contributed by atoms with Crippen LogP contribution in [0.5, 0.6) is 0 Å². The van der Waals surface area contributed by atoms with Crippen LogP contribution in [0.15, 0.2) is 24.5 Å². The third kappa shape index (κ3) is 2.19. The Hall–Kier alpha value is -0.930. The van der Waals surface area contributed by atoms with Crippen LogP contribution in [0.25, 0.3) is 0 Å². The minimum Gasteiger partial charge on any atom is -0.377 e. The first-order valence-electron chi connectivity index (χ1n) is 7.38. The van der Waals surface area contributed by atoms with Crippen LogP contribution in [0.1, 0.15) is 45.2 Å². The first-order valence-corrected chi connectivity index (χ1v) is 7.38. The highest BCUT2D eigenvalue weighted by atomic mass is 16.5. The summed E-state index contributed by atoms with van der Waals surface area (Å²) in [6, 6.07) is 5.12. The Kier molecular flexibility index (Phi) is 3.35. The molecule has 19 heavy (non-hydrogen) atoms. The number of rotatable bonds is 3. The highest BCUT2D eigenvalue weighted by Gasteiger charge is 2.57. The molecule has 1 saturated heterocycles. The van der Waals surface area contributed by atoms with E-state index in [1.54, 1.807) is 0 Å². The zero-order chi connectivity index (χ0) is 13.5. The van der Waals surface area contributed by atoms with E-state index in [1.807, 2.05) is 12.4 Å². The van der Waals surface area contributed by atoms with Crippen molar-refractivity contribution in [3.8, 4) is 0 Å². The lowest BCUT2D eigenvalue weighted by Crippen LogP contribution is -2.69. The van der Waals surface area contributed by atoms with Crippen molar-refractivity contribution in [3.63, 3.8) is 0 Å². The largest absolute Gasteiger partial charge is 0.377 e. The van der Waals surface area contributed by atoms with Gasteiger partial charge in [0.25, 0.3) is 0 Å². The van der Waals surface area contributed by atoms with E-state index >= 15 is 0 Å². The minimum absolute atomic E-state index is 0.242. The monoisotopic (exact) mass is 260 g/mol. The number of nitrogens with zero attached hydrogens (tertiary/aromatic N) is 1. The average molecular weight is 260 g/mol. The van der Waals surface area contributed by atoms with E-state index in [4.69, 9.17) is 4.74 Å². The fourth-order valence-corrected chi connectivity index (χ4v) is 3.88. The van der Waals surface area contributed by atoms with Gasteiger partial charge in [0.1, 0.15) is 0 Å². The van der Waals surface area contributed by atoms with Crippen molar-refractivity contribution in [1.29, 1.82) is 0 Å². The summed E-state index contributed by atoms with van der Waals surface area (Å²) in [5, 5.41) is 3.81. The van der Waals surface area contributed by atoms with Gasteiger partial charge in [0.15, 0.2) is 0 Å². The number of nitrogens with one attached hydrogen (secondary N) is 1. The summed E-state index contributed by atoms with van der Waals surface area (Å²) in [7, 11) is 0. The van der Waals surface area contributed by atoms with Gasteiger partial charge < -0.3 is 10.1 Å². The molecular weight excluding hydrogens is 236 g/mol. The second-order valence-electron chi connectivity index (χ2n) is 6.57. The van der Waals surface area contributed by atoms with Crippen LogP contribution in [0.2, 0.25) is 0 Å². The van der Waals surface area contributed by atoms with E-state index in [0.717, 1.165) is 6.61 Å². The van der Waals surface area contributed by atoms with E-state index in [0.29, 0.717) is 24.1 Å². The summed E-state index contributed by atoms with van der Waals surface area (Å²) in [6.07, 6.45) is 6.69. The zero-order valence-corrected chi connectivity index (χ0v) is 12.1. The molecule has 0 radical (unpaired) electrons. The first-order chi connectivity index (χ1) is 9.10. The Morgan fingerprint density at radius 2 is 2.11 bits per heavy atom. The van der Waals surface area contributed by atoms with Gasteiger partial charge in [-0.3, -0.25) is 4.98 Å². The van der Waals surface area contributed by atoms with Gasteiger partial charge in [-0.05, 0) is 37.5 Å². The van der Waals surface area contributed by atoms with Crippen LogP contribution in [0, 0.1) is 11.3 Å². The van der Waals surface area contributed by atoms with Crippen LogP contribution in [0.4, 0.5) is 0 Å². The molecule has 0 bridgehead atoms. The lowest BCUT2D eigenvalue weighted by molar-refractivity contribution is -0.194. The Bertz CT molecular complexity index is 432. The normalized spacial score (nSPS) is 34.2. The van der Waals surface area contributed by atoms with Crippen molar-refractivity contribution < 1.29 is 4.74 Å². The SMILES string of the molecule is C[C@@H](NC1C2CCCOC2C1(C)C)c1ccncc1. The summed E-state index contributed by atoms with van der Waals surface area (Å²) >= 11 is 0. The lowest BCUT2D eigenvalue weighted by Gasteiger charge is -2.60. The Labute approximate surface area is 115 Å². The van der Waals surface area contributed by atoms with E-state index in [9.17, 15) is 0 Å². The van der Waals surface area contributed by atoms with Crippen LogP contribution in [-0.2, 0) is 4.74 Å². The Morgan fingerprint density at radius 1 is 1.37 bits per heavy atom. The molecular formula is C16H24N2O. The molecule has 2 fully saturated rings. The number of hydrogen-bond acceptors (Lipinski definition) is 3. The molecule has 3 nitrogen and oxygen atoms in total. The maximum atomic E-state index is 5.96. The maximum absolute atomic E-state index is 5.96. The molecule has 0 spiro atoms. The molecule has 0 amide bonds. The lowest BCUT2D eigenvalue weighted by atomic mass is 9.55. The molecule has 1 aliphatic carbocycles. The molecule has 1 aromatic rings.